The molecule has 0 fully saturated rings. The van der Waals surface area contributed by atoms with Crippen LogP contribution in [0.2, 0.25) is 0 Å². The fourth-order valence-corrected chi connectivity index (χ4v) is 2.19. The summed E-state index contributed by atoms with van der Waals surface area (Å²) >= 11 is 0. The molecule has 0 saturated heterocycles. The number of hydrogen-bond donors (Lipinski definition) is 1. The molecular formula is C17H21NO3. The van der Waals surface area contributed by atoms with Crippen molar-refractivity contribution in [3.63, 3.8) is 0 Å². The van der Waals surface area contributed by atoms with E-state index >= 15 is 0 Å². The Kier molecular flexibility index (Phi) is 5.06. The van der Waals surface area contributed by atoms with Gasteiger partial charge in [0.15, 0.2) is 0 Å². The molecule has 0 amide bonds. The molecule has 4 nitrogen and oxygen atoms in total. The van der Waals surface area contributed by atoms with E-state index in [4.69, 9.17) is 19.9 Å². The summed E-state index contributed by atoms with van der Waals surface area (Å²) in [7, 11) is 3.25. The van der Waals surface area contributed by atoms with Crippen LogP contribution in [0.15, 0.2) is 42.5 Å². The van der Waals surface area contributed by atoms with Crippen LogP contribution in [0.4, 0.5) is 0 Å². The van der Waals surface area contributed by atoms with E-state index in [-0.39, 0.29) is 6.04 Å². The van der Waals surface area contributed by atoms with Crippen molar-refractivity contribution in [3.05, 3.63) is 53.6 Å². The number of ether oxygens (including phenoxy) is 3. The maximum atomic E-state index is 6.35. The van der Waals surface area contributed by atoms with E-state index in [9.17, 15) is 0 Å². The van der Waals surface area contributed by atoms with E-state index in [0.29, 0.717) is 6.61 Å². The van der Waals surface area contributed by atoms with Gasteiger partial charge < -0.3 is 19.9 Å². The van der Waals surface area contributed by atoms with Crippen LogP contribution in [0.25, 0.3) is 0 Å². The Balaban J connectivity index is 2.28. The van der Waals surface area contributed by atoms with Gasteiger partial charge in [-0.2, -0.15) is 0 Å². The van der Waals surface area contributed by atoms with Crippen LogP contribution in [0.3, 0.4) is 0 Å². The van der Waals surface area contributed by atoms with Gasteiger partial charge >= 0.3 is 0 Å². The van der Waals surface area contributed by atoms with Crippen LogP contribution in [-0.2, 0) is 0 Å². The Bertz CT molecular complexity index is 581. The van der Waals surface area contributed by atoms with Crippen LogP contribution in [-0.4, -0.2) is 20.8 Å². The van der Waals surface area contributed by atoms with E-state index in [2.05, 4.69) is 0 Å². The summed E-state index contributed by atoms with van der Waals surface area (Å²) in [5, 5.41) is 0. The highest BCUT2D eigenvalue weighted by atomic mass is 16.5. The molecule has 2 N–H and O–H groups in total. The molecule has 1 atom stereocenters. The third-order valence-electron chi connectivity index (χ3n) is 3.33. The second-order valence-electron chi connectivity index (χ2n) is 4.59. The van der Waals surface area contributed by atoms with E-state index in [1.54, 1.807) is 14.2 Å². The summed E-state index contributed by atoms with van der Waals surface area (Å²) in [4.78, 5) is 0. The summed E-state index contributed by atoms with van der Waals surface area (Å²) in [6.45, 7) is 2.61. The van der Waals surface area contributed by atoms with Crippen LogP contribution in [0.5, 0.6) is 17.2 Å². The molecule has 0 saturated carbocycles. The average Bonchev–Trinajstić information content (AvgIpc) is 2.54. The monoisotopic (exact) mass is 287 g/mol. The van der Waals surface area contributed by atoms with Gasteiger partial charge in [-0.3, -0.25) is 0 Å². The van der Waals surface area contributed by atoms with Gasteiger partial charge in [0.05, 0.1) is 26.9 Å². The molecule has 2 rings (SSSR count). The molecule has 112 valence electrons. The van der Waals surface area contributed by atoms with Crippen molar-refractivity contribution in [1.29, 1.82) is 0 Å². The number of nitrogens with two attached hydrogens (primary N) is 1. The lowest BCUT2D eigenvalue weighted by atomic mass is 9.98. The molecule has 2 aromatic rings. The van der Waals surface area contributed by atoms with Crippen molar-refractivity contribution in [3.8, 4) is 17.2 Å². The normalized spacial score (nSPS) is 11.8. The van der Waals surface area contributed by atoms with E-state index in [0.717, 1.165) is 28.4 Å². The number of methoxy groups -OCH3 is 2. The number of hydrogen-bond acceptors (Lipinski definition) is 4. The van der Waals surface area contributed by atoms with Gasteiger partial charge in [-0.1, -0.05) is 12.1 Å². The first-order chi connectivity index (χ1) is 10.2. The van der Waals surface area contributed by atoms with Gasteiger partial charge in [0, 0.05) is 11.6 Å². The fraction of sp³-hybridized carbons (Fsp3) is 0.294. The molecule has 0 aliphatic carbocycles. The van der Waals surface area contributed by atoms with Gasteiger partial charge in [-0.15, -0.1) is 0 Å². The van der Waals surface area contributed by atoms with Crippen molar-refractivity contribution in [2.45, 2.75) is 13.0 Å². The lowest BCUT2D eigenvalue weighted by Gasteiger charge is -2.17. The smallest absolute Gasteiger partial charge is 0.127 e. The third kappa shape index (κ3) is 3.47. The van der Waals surface area contributed by atoms with Crippen molar-refractivity contribution in [2.24, 2.45) is 5.73 Å². The molecule has 0 heterocycles. The lowest BCUT2D eigenvalue weighted by molar-refractivity contribution is 0.340. The second-order valence-corrected chi connectivity index (χ2v) is 4.59. The summed E-state index contributed by atoms with van der Waals surface area (Å²) in [5.41, 5.74) is 8.27. The predicted octanol–water partition coefficient (Wildman–Crippen LogP) is 3.15. The quantitative estimate of drug-likeness (QED) is 0.886. The zero-order valence-corrected chi connectivity index (χ0v) is 12.6. The Morgan fingerprint density at radius 2 is 1.62 bits per heavy atom. The van der Waals surface area contributed by atoms with E-state index in [1.165, 1.54) is 0 Å². The van der Waals surface area contributed by atoms with Crippen molar-refractivity contribution >= 4 is 0 Å². The van der Waals surface area contributed by atoms with Gasteiger partial charge in [-0.05, 0) is 36.8 Å². The van der Waals surface area contributed by atoms with Gasteiger partial charge in [0.1, 0.15) is 17.2 Å². The first-order valence-corrected chi connectivity index (χ1v) is 6.89. The van der Waals surface area contributed by atoms with Gasteiger partial charge in [0.2, 0.25) is 0 Å². The highest BCUT2D eigenvalue weighted by Crippen LogP contribution is 2.32. The first kappa shape index (κ1) is 15.2. The van der Waals surface area contributed by atoms with E-state index < -0.39 is 0 Å². The SMILES string of the molecule is CCOc1ccc(C(N)c2ccc(OC)cc2OC)cc1. The summed E-state index contributed by atoms with van der Waals surface area (Å²) in [6.07, 6.45) is 0. The molecule has 21 heavy (non-hydrogen) atoms. The zero-order chi connectivity index (χ0) is 15.2. The molecular weight excluding hydrogens is 266 g/mol. The minimum absolute atomic E-state index is 0.262. The molecule has 2 aromatic carbocycles. The van der Waals surface area contributed by atoms with Gasteiger partial charge in [-0.25, -0.2) is 0 Å². The molecule has 4 heteroatoms. The molecule has 1 unspecified atom stereocenters. The molecule has 0 aromatic heterocycles. The molecule has 0 radical (unpaired) electrons. The highest BCUT2D eigenvalue weighted by molar-refractivity contribution is 5.46. The Morgan fingerprint density at radius 3 is 2.19 bits per heavy atom. The summed E-state index contributed by atoms with van der Waals surface area (Å²) in [5.74, 6) is 2.31. The van der Waals surface area contributed by atoms with Gasteiger partial charge in [0.25, 0.3) is 0 Å². The number of benzene rings is 2. The van der Waals surface area contributed by atoms with Crippen LogP contribution in [0, 0.1) is 0 Å². The Hall–Kier alpha value is -2.20. The number of rotatable bonds is 6. The minimum atomic E-state index is -0.262. The van der Waals surface area contributed by atoms with Crippen molar-refractivity contribution in [2.75, 3.05) is 20.8 Å². The first-order valence-electron chi connectivity index (χ1n) is 6.89. The fourth-order valence-electron chi connectivity index (χ4n) is 2.19. The van der Waals surface area contributed by atoms with Crippen molar-refractivity contribution < 1.29 is 14.2 Å². The molecule has 0 aliphatic rings. The largest absolute Gasteiger partial charge is 0.497 e. The van der Waals surface area contributed by atoms with Crippen LogP contribution < -0.4 is 19.9 Å². The topological polar surface area (TPSA) is 53.7 Å². The van der Waals surface area contributed by atoms with Crippen LogP contribution in [0.1, 0.15) is 24.1 Å². The second kappa shape index (κ2) is 6.99. The van der Waals surface area contributed by atoms with Crippen molar-refractivity contribution in [1.82, 2.24) is 0 Å². The maximum Gasteiger partial charge on any atom is 0.127 e. The summed E-state index contributed by atoms with van der Waals surface area (Å²) in [6, 6.07) is 13.2. The standard InChI is InChI=1S/C17H21NO3/c1-4-21-13-7-5-12(6-8-13)17(18)15-10-9-14(19-2)11-16(15)20-3/h5-11,17H,4,18H2,1-3H3. The maximum absolute atomic E-state index is 6.35. The highest BCUT2D eigenvalue weighted by Gasteiger charge is 2.15. The van der Waals surface area contributed by atoms with Crippen LogP contribution >= 0.6 is 0 Å². The third-order valence-corrected chi connectivity index (χ3v) is 3.33. The molecule has 0 aliphatic heterocycles. The molecule has 0 bridgehead atoms. The zero-order valence-electron chi connectivity index (χ0n) is 12.6. The molecule has 0 spiro atoms. The minimum Gasteiger partial charge on any atom is -0.497 e. The summed E-state index contributed by atoms with van der Waals surface area (Å²) < 4.78 is 16.0. The average molecular weight is 287 g/mol. The Morgan fingerprint density at radius 1 is 0.952 bits per heavy atom. The Labute approximate surface area is 125 Å². The van der Waals surface area contributed by atoms with E-state index in [1.807, 2.05) is 49.4 Å². The lowest BCUT2D eigenvalue weighted by Crippen LogP contribution is -2.13. The predicted molar refractivity (Wildman–Crippen MR) is 83.2 cm³/mol.